The summed E-state index contributed by atoms with van der Waals surface area (Å²) in [6, 6.07) is 4.51. The maximum atomic E-state index is 14.7. The third-order valence-electron chi connectivity index (χ3n) is 16.0. The van der Waals surface area contributed by atoms with Crippen molar-refractivity contribution in [3.8, 4) is 0 Å². The zero-order chi connectivity index (χ0) is 70.1. The Morgan fingerprint density at radius 1 is 0.537 bits per heavy atom. The summed E-state index contributed by atoms with van der Waals surface area (Å²) in [6.45, 7) is 3.86. The molecule has 31 nitrogen and oxygen atoms in total. The van der Waals surface area contributed by atoms with Gasteiger partial charge in [-0.2, -0.15) is 11.8 Å². The highest BCUT2D eigenvalue weighted by atomic mass is 32.2. The lowest BCUT2D eigenvalue weighted by Crippen LogP contribution is -2.60. The highest BCUT2D eigenvalue weighted by Crippen LogP contribution is 2.24. The van der Waals surface area contributed by atoms with E-state index in [-0.39, 0.29) is 83.0 Å². The summed E-state index contributed by atoms with van der Waals surface area (Å²) in [5.41, 5.74) is 40.6. The number of unbranched alkanes of at least 4 members (excludes halogenated alkanes) is 1. The second-order valence-electron chi connectivity index (χ2n) is 24.1. The molecule has 22 N–H and O–H groups in total. The zero-order valence-corrected chi connectivity index (χ0v) is 55.3. The van der Waals surface area contributed by atoms with Crippen LogP contribution in [0.1, 0.15) is 121 Å². The third kappa shape index (κ3) is 27.5. The molecule has 2 aromatic carbocycles. The van der Waals surface area contributed by atoms with Crippen LogP contribution in [-0.2, 0) is 75.2 Å². The lowest BCUT2D eigenvalue weighted by atomic mass is 10.0. The summed E-state index contributed by atoms with van der Waals surface area (Å²) in [5, 5.41) is 21.1. The van der Waals surface area contributed by atoms with Gasteiger partial charge < -0.3 is 92.5 Å². The van der Waals surface area contributed by atoms with Crippen LogP contribution in [-0.4, -0.2) is 198 Å². The second-order valence-corrected chi connectivity index (χ2v) is 25.1. The third-order valence-corrected chi connectivity index (χ3v) is 16.7. The van der Waals surface area contributed by atoms with E-state index in [0.717, 1.165) is 0 Å². The molecule has 0 aromatic heterocycles. The van der Waals surface area contributed by atoms with Gasteiger partial charge in [0, 0.05) is 45.3 Å². The normalized spacial score (nSPS) is 16.8. The minimum Gasteiger partial charge on any atom is -0.370 e. The van der Waals surface area contributed by atoms with Crippen molar-refractivity contribution >= 4 is 94.5 Å². The molecule has 2 fully saturated rings. The molecule has 0 spiro atoms. The molecular weight excluding hydrogens is 1250 g/mol. The molecule has 13 amide bonds. The molecule has 0 radical (unpaired) electrons. The van der Waals surface area contributed by atoms with Crippen LogP contribution in [0.3, 0.4) is 0 Å². The number of nitrogens with two attached hydrogens (primary N) is 7. The van der Waals surface area contributed by atoms with Crippen molar-refractivity contribution in [1.82, 2.24) is 52.3 Å². The number of primary amides is 3. The van der Waals surface area contributed by atoms with E-state index >= 15 is 0 Å². The van der Waals surface area contributed by atoms with Crippen molar-refractivity contribution in [2.45, 2.75) is 183 Å². The molecular formula is C63H98N18O13S. The number of thioether (sulfide) groups is 1. The molecule has 2 aliphatic rings. The molecule has 95 heavy (non-hydrogen) atoms. The maximum Gasteiger partial charge on any atom is 0.245 e. The molecule has 0 aliphatic carbocycles. The lowest BCUT2D eigenvalue weighted by Gasteiger charge is -2.32. The molecule has 32 heteroatoms. The fourth-order valence-corrected chi connectivity index (χ4v) is 11.5. The standard InChI is InChI=1S/C63H98N18O13S/c1-37(2)33-45(57(89)74-41(53(68)85)27-32-95-3)73-52(84)36-72-54(86)46(34-38-15-6-4-7-16-38)78-58(90)47(35-39-17-8-5-9-18-39)79-56(88)42(23-25-50(66)82)75-55(87)43(24-26-51(67)83)76-59(91)49-22-14-31-81(49)62(94)44(20-10-11-28-64)77-60(92)48-21-13-30-80(48)61(93)40(65)19-12-29-71-63(69)70/h4-9,15-18,37,40-49H,10-14,19-36,64-65H2,1-3H3,(H2,66,82)(H2,67,83)(H2,68,85)(H,72,86)(H,73,84)(H,74,89)(H,75,87)(H,76,91)(H,77,92)(H,78,90)(H,79,88)(H4,69,70,71)/t40-,41+,42+,43-,44-,45+,46+,47+,48+,49+/m1/s1. The van der Waals surface area contributed by atoms with E-state index in [9.17, 15) is 62.3 Å². The van der Waals surface area contributed by atoms with Gasteiger partial charge in [0.05, 0.1) is 12.6 Å². The van der Waals surface area contributed by atoms with Gasteiger partial charge in [0.2, 0.25) is 76.8 Å². The van der Waals surface area contributed by atoms with Gasteiger partial charge in [0.15, 0.2) is 5.96 Å². The summed E-state index contributed by atoms with van der Waals surface area (Å²) in [4.78, 5) is 185. The van der Waals surface area contributed by atoms with E-state index in [4.69, 9.17) is 40.1 Å². The van der Waals surface area contributed by atoms with Crippen molar-refractivity contribution in [3.63, 3.8) is 0 Å². The SMILES string of the molecule is CSCC[C@H](NC(=O)[C@H](CC(C)C)NC(=O)CNC(=O)[C@H](Cc1ccccc1)NC(=O)[C@H](Cc1ccccc1)NC(=O)[C@H](CCC(N)=O)NC(=O)[C@@H](CCC(N)=O)NC(=O)[C@@H]1CCCN1C(=O)[C@@H](CCCCN)NC(=O)[C@@H]1CCCN1C(=O)[C@H](N)CCCN=C(N)N)C(N)=O. The quantitative estimate of drug-likeness (QED) is 0.0173. The van der Waals surface area contributed by atoms with Crippen LogP contribution in [0.2, 0.25) is 0 Å². The Balaban J connectivity index is 1.56. The van der Waals surface area contributed by atoms with Crippen molar-refractivity contribution < 1.29 is 62.3 Å². The fraction of sp³-hybridized carbons (Fsp3) is 0.587. The Kier molecular flexibility index (Phi) is 33.9. The predicted molar refractivity (Wildman–Crippen MR) is 356 cm³/mol. The van der Waals surface area contributed by atoms with E-state index in [1.54, 1.807) is 60.7 Å². The van der Waals surface area contributed by atoms with E-state index in [2.05, 4.69) is 47.5 Å². The van der Waals surface area contributed by atoms with Crippen molar-refractivity contribution in [2.75, 3.05) is 44.7 Å². The topological polar surface area (TPSA) is 519 Å². The van der Waals surface area contributed by atoms with E-state index in [0.29, 0.717) is 55.4 Å². The fourth-order valence-electron chi connectivity index (χ4n) is 11.0. The van der Waals surface area contributed by atoms with Crippen molar-refractivity contribution in [3.05, 3.63) is 71.8 Å². The number of likely N-dealkylation sites (tertiary alicyclic amines) is 2. The van der Waals surface area contributed by atoms with Gasteiger partial charge in [-0.05, 0) is 119 Å². The number of carbonyl (C=O) groups is 13. The first-order chi connectivity index (χ1) is 45.2. The molecule has 10 atom stereocenters. The number of nitrogens with zero attached hydrogens (tertiary/aromatic N) is 3. The number of hydrogen-bond donors (Lipinski definition) is 15. The maximum absolute atomic E-state index is 14.7. The van der Waals surface area contributed by atoms with Gasteiger partial charge in [0.25, 0.3) is 0 Å². The molecule has 2 aromatic rings. The van der Waals surface area contributed by atoms with E-state index in [1.165, 1.54) is 21.6 Å². The molecule has 0 unspecified atom stereocenters. The number of benzene rings is 2. The molecule has 0 bridgehead atoms. The highest BCUT2D eigenvalue weighted by Gasteiger charge is 2.42. The van der Waals surface area contributed by atoms with Crippen LogP contribution >= 0.6 is 11.8 Å². The van der Waals surface area contributed by atoms with Crippen LogP contribution in [0.5, 0.6) is 0 Å². The minimum atomic E-state index is -1.64. The Labute approximate surface area is 558 Å². The number of nitrogens with one attached hydrogen (secondary N) is 8. The van der Waals surface area contributed by atoms with Gasteiger partial charge in [-0.1, -0.05) is 74.5 Å². The van der Waals surface area contributed by atoms with Crippen LogP contribution in [0.4, 0.5) is 0 Å². The minimum absolute atomic E-state index is 0.0736. The molecule has 2 aliphatic heterocycles. The molecule has 2 saturated heterocycles. The summed E-state index contributed by atoms with van der Waals surface area (Å²) in [5.74, 6) is -9.80. The lowest BCUT2D eigenvalue weighted by molar-refractivity contribution is -0.144. The van der Waals surface area contributed by atoms with Crippen molar-refractivity contribution in [2.24, 2.45) is 51.0 Å². The summed E-state index contributed by atoms with van der Waals surface area (Å²) < 4.78 is 0. The summed E-state index contributed by atoms with van der Waals surface area (Å²) in [6.07, 6.45) is 3.12. The molecule has 2 heterocycles. The van der Waals surface area contributed by atoms with Crippen LogP contribution in [0, 0.1) is 5.92 Å². The Morgan fingerprint density at radius 3 is 1.51 bits per heavy atom. The molecule has 524 valence electrons. The highest BCUT2D eigenvalue weighted by molar-refractivity contribution is 7.98. The number of carbonyl (C=O) groups excluding carboxylic acids is 13. The second kappa shape index (κ2) is 41.0. The van der Waals surface area contributed by atoms with Gasteiger partial charge in [-0.25, -0.2) is 0 Å². The predicted octanol–water partition coefficient (Wildman–Crippen LogP) is -3.71. The Morgan fingerprint density at radius 2 is 1.01 bits per heavy atom. The summed E-state index contributed by atoms with van der Waals surface area (Å²) >= 11 is 1.45. The first kappa shape index (κ1) is 78.5. The van der Waals surface area contributed by atoms with Crippen molar-refractivity contribution in [1.29, 1.82) is 0 Å². The largest absolute Gasteiger partial charge is 0.370 e. The monoisotopic (exact) mass is 1350 g/mol. The number of amides is 13. The molecule has 4 rings (SSSR count). The smallest absolute Gasteiger partial charge is 0.245 e. The van der Waals surface area contributed by atoms with Gasteiger partial charge in [-0.3, -0.25) is 67.3 Å². The van der Waals surface area contributed by atoms with E-state index in [1.807, 2.05) is 20.1 Å². The number of aliphatic imine (C=N–C) groups is 1. The molecule has 0 saturated carbocycles. The first-order valence-electron chi connectivity index (χ1n) is 32.2. The van der Waals surface area contributed by atoms with Crippen LogP contribution in [0.25, 0.3) is 0 Å². The number of hydrogen-bond acceptors (Lipinski definition) is 17. The van der Waals surface area contributed by atoms with Crippen LogP contribution in [0.15, 0.2) is 65.7 Å². The van der Waals surface area contributed by atoms with Gasteiger partial charge >= 0.3 is 0 Å². The van der Waals surface area contributed by atoms with E-state index < -0.39 is 169 Å². The average molecular weight is 1350 g/mol. The number of guanidine groups is 1. The van der Waals surface area contributed by atoms with Gasteiger partial charge in [-0.15, -0.1) is 0 Å². The number of rotatable bonds is 42. The summed E-state index contributed by atoms with van der Waals surface area (Å²) in [7, 11) is 0. The zero-order valence-electron chi connectivity index (χ0n) is 54.5. The Bertz CT molecular complexity index is 2960. The van der Waals surface area contributed by atoms with Crippen LogP contribution < -0.4 is 82.7 Å². The Hall–Kier alpha value is -8.91. The van der Waals surface area contributed by atoms with Gasteiger partial charge in [0.1, 0.15) is 54.4 Å². The average Bonchev–Trinajstić information content (AvgIpc) is 1.74. The first-order valence-corrected chi connectivity index (χ1v) is 33.6.